The fraction of sp³-hybridized carbons (Fsp3) is 0.263. The maximum absolute atomic E-state index is 12.6. The lowest BCUT2D eigenvalue weighted by molar-refractivity contribution is -0.384. The first-order chi connectivity index (χ1) is 12.0. The maximum atomic E-state index is 12.6. The molecular weight excluding hydrogens is 318 g/mol. The summed E-state index contributed by atoms with van der Waals surface area (Å²) in [6, 6.07) is 12.3. The quantitative estimate of drug-likeness (QED) is 0.538. The van der Waals surface area contributed by atoms with Crippen molar-refractivity contribution in [1.29, 1.82) is 0 Å². The van der Waals surface area contributed by atoms with Gasteiger partial charge in [0.1, 0.15) is 0 Å². The van der Waals surface area contributed by atoms with Gasteiger partial charge in [0.25, 0.3) is 5.69 Å². The summed E-state index contributed by atoms with van der Waals surface area (Å²) in [6.07, 6.45) is 2.22. The lowest BCUT2D eigenvalue weighted by atomic mass is 10.0. The van der Waals surface area contributed by atoms with E-state index in [4.69, 9.17) is 0 Å². The van der Waals surface area contributed by atoms with Crippen LogP contribution in [-0.2, 0) is 6.54 Å². The van der Waals surface area contributed by atoms with Crippen LogP contribution in [0.25, 0.3) is 22.2 Å². The third kappa shape index (κ3) is 2.80. The van der Waals surface area contributed by atoms with Crippen LogP contribution in [0.2, 0.25) is 0 Å². The number of non-ortho nitro benzene ring substituents is 1. The molecule has 6 heteroatoms. The van der Waals surface area contributed by atoms with Crippen molar-refractivity contribution in [2.24, 2.45) is 5.92 Å². The number of nitro benzene ring substituents is 1. The zero-order valence-corrected chi connectivity index (χ0v) is 13.8. The highest BCUT2D eigenvalue weighted by Crippen LogP contribution is 2.34. The predicted octanol–water partition coefficient (Wildman–Crippen LogP) is 3.69. The Bertz CT molecular complexity index is 1050. The molecule has 2 aromatic carbocycles. The molecule has 0 N–H and O–H groups in total. The van der Waals surface area contributed by atoms with Crippen LogP contribution in [0.1, 0.15) is 18.4 Å². The van der Waals surface area contributed by atoms with Gasteiger partial charge >= 0.3 is 5.69 Å². The third-order valence-corrected chi connectivity index (χ3v) is 4.71. The Morgan fingerprint density at radius 1 is 1.24 bits per heavy atom. The molecule has 0 amide bonds. The van der Waals surface area contributed by atoms with Gasteiger partial charge in [-0.05, 0) is 37.3 Å². The van der Waals surface area contributed by atoms with Gasteiger partial charge in [-0.25, -0.2) is 4.79 Å². The van der Waals surface area contributed by atoms with E-state index in [-0.39, 0.29) is 11.4 Å². The highest BCUT2D eigenvalue weighted by molar-refractivity contribution is 5.94. The first kappa shape index (κ1) is 15.5. The smallest absolute Gasteiger partial charge is 0.292 e. The number of aryl methyl sites for hydroxylation is 1. The Morgan fingerprint density at radius 2 is 2.00 bits per heavy atom. The Hall–Kier alpha value is -3.02. The number of hydrogen-bond donors (Lipinski definition) is 0. The fourth-order valence-corrected chi connectivity index (χ4v) is 3.16. The van der Waals surface area contributed by atoms with Gasteiger partial charge in [-0.1, -0.05) is 24.3 Å². The molecule has 0 atom stereocenters. The average Bonchev–Trinajstić information content (AvgIpc) is 3.41. The molecule has 0 saturated heterocycles. The van der Waals surface area contributed by atoms with Crippen molar-refractivity contribution in [1.82, 2.24) is 9.55 Å². The summed E-state index contributed by atoms with van der Waals surface area (Å²) in [5.74, 6) is 0.502. The van der Waals surface area contributed by atoms with Gasteiger partial charge in [-0.15, -0.1) is 0 Å². The molecule has 0 bridgehead atoms. The van der Waals surface area contributed by atoms with Gasteiger partial charge in [0.15, 0.2) is 0 Å². The monoisotopic (exact) mass is 335 g/mol. The average molecular weight is 335 g/mol. The van der Waals surface area contributed by atoms with E-state index in [1.54, 1.807) is 10.6 Å². The first-order valence-corrected chi connectivity index (χ1v) is 8.29. The summed E-state index contributed by atoms with van der Waals surface area (Å²) in [5.41, 5.74) is 2.71. The molecule has 1 aromatic heterocycles. The summed E-state index contributed by atoms with van der Waals surface area (Å²) in [7, 11) is 0. The molecule has 1 saturated carbocycles. The van der Waals surface area contributed by atoms with E-state index in [0.717, 1.165) is 24.0 Å². The summed E-state index contributed by atoms with van der Waals surface area (Å²) in [5, 5.41) is 11.9. The van der Waals surface area contributed by atoms with E-state index in [2.05, 4.69) is 4.98 Å². The lowest BCUT2D eigenvalue weighted by Crippen LogP contribution is -2.25. The minimum Gasteiger partial charge on any atom is -0.292 e. The number of nitro groups is 1. The third-order valence-electron chi connectivity index (χ3n) is 4.71. The van der Waals surface area contributed by atoms with Crippen molar-refractivity contribution in [2.75, 3.05) is 0 Å². The summed E-state index contributed by atoms with van der Waals surface area (Å²) < 4.78 is 1.65. The van der Waals surface area contributed by atoms with E-state index in [1.165, 1.54) is 12.1 Å². The molecular formula is C19H17N3O3. The van der Waals surface area contributed by atoms with Crippen LogP contribution in [-0.4, -0.2) is 14.5 Å². The van der Waals surface area contributed by atoms with Crippen LogP contribution >= 0.6 is 0 Å². The zero-order valence-electron chi connectivity index (χ0n) is 13.8. The largest absolute Gasteiger partial charge is 0.348 e. The molecule has 0 spiro atoms. The molecule has 1 aliphatic carbocycles. The van der Waals surface area contributed by atoms with Gasteiger partial charge in [0.05, 0.1) is 16.1 Å². The normalized spacial score (nSPS) is 14.0. The van der Waals surface area contributed by atoms with Crippen molar-refractivity contribution < 1.29 is 4.92 Å². The van der Waals surface area contributed by atoms with Crippen LogP contribution < -0.4 is 5.69 Å². The van der Waals surface area contributed by atoms with Gasteiger partial charge in [0, 0.05) is 29.6 Å². The maximum Gasteiger partial charge on any atom is 0.348 e. The van der Waals surface area contributed by atoms with E-state index < -0.39 is 4.92 Å². The first-order valence-electron chi connectivity index (χ1n) is 8.29. The van der Waals surface area contributed by atoms with E-state index >= 15 is 0 Å². The molecule has 1 aliphatic rings. The molecule has 1 heterocycles. The summed E-state index contributed by atoms with van der Waals surface area (Å²) in [6.45, 7) is 2.56. The fourth-order valence-electron chi connectivity index (χ4n) is 3.16. The van der Waals surface area contributed by atoms with E-state index in [1.807, 2.05) is 31.2 Å². The Labute approximate surface area is 143 Å². The Kier molecular flexibility index (Phi) is 3.60. The topological polar surface area (TPSA) is 78.0 Å². The number of rotatable bonds is 4. The highest BCUT2D eigenvalue weighted by Gasteiger charge is 2.24. The Balaban J connectivity index is 2.04. The molecule has 126 valence electrons. The van der Waals surface area contributed by atoms with E-state index in [0.29, 0.717) is 29.1 Å². The van der Waals surface area contributed by atoms with E-state index in [9.17, 15) is 14.9 Å². The highest BCUT2D eigenvalue weighted by atomic mass is 16.6. The molecule has 4 rings (SSSR count). The number of aromatic nitrogens is 2. The molecule has 3 aromatic rings. The van der Waals surface area contributed by atoms with Gasteiger partial charge in [0.2, 0.25) is 0 Å². The Morgan fingerprint density at radius 3 is 2.68 bits per heavy atom. The number of hydrogen-bond acceptors (Lipinski definition) is 4. The summed E-state index contributed by atoms with van der Waals surface area (Å²) >= 11 is 0. The SMILES string of the molecule is Cc1ccccc1-c1nc(=O)n(CC2CC2)c2ccc([N+](=O)[O-])cc12. The molecule has 0 radical (unpaired) electrons. The zero-order chi connectivity index (χ0) is 17.6. The van der Waals surface area contributed by atoms with Gasteiger partial charge in [-0.3, -0.25) is 14.7 Å². The molecule has 0 unspecified atom stereocenters. The molecule has 6 nitrogen and oxygen atoms in total. The van der Waals surface area contributed by atoms with Gasteiger partial charge in [-0.2, -0.15) is 4.98 Å². The summed E-state index contributed by atoms with van der Waals surface area (Å²) in [4.78, 5) is 27.7. The second kappa shape index (κ2) is 5.81. The molecule has 1 fully saturated rings. The predicted molar refractivity (Wildman–Crippen MR) is 95.6 cm³/mol. The van der Waals surface area contributed by atoms with Crippen molar-refractivity contribution in [3.05, 3.63) is 68.6 Å². The minimum atomic E-state index is -0.419. The number of benzene rings is 2. The van der Waals surface area contributed by atoms with Crippen molar-refractivity contribution in [3.63, 3.8) is 0 Å². The lowest BCUT2D eigenvalue weighted by Gasteiger charge is -2.13. The number of fused-ring (bicyclic) bond motifs is 1. The molecule has 0 aliphatic heterocycles. The van der Waals surface area contributed by atoms with Crippen molar-refractivity contribution in [3.8, 4) is 11.3 Å². The van der Waals surface area contributed by atoms with Crippen LogP contribution in [0.4, 0.5) is 5.69 Å². The van der Waals surface area contributed by atoms with Crippen LogP contribution in [0.5, 0.6) is 0 Å². The van der Waals surface area contributed by atoms with Gasteiger partial charge < -0.3 is 0 Å². The van der Waals surface area contributed by atoms with Crippen LogP contribution in [0, 0.1) is 23.0 Å². The second-order valence-electron chi connectivity index (χ2n) is 6.57. The minimum absolute atomic E-state index is 0.000699. The van der Waals surface area contributed by atoms with Crippen LogP contribution in [0.3, 0.4) is 0 Å². The second-order valence-corrected chi connectivity index (χ2v) is 6.57. The van der Waals surface area contributed by atoms with Crippen molar-refractivity contribution >= 4 is 16.6 Å². The van der Waals surface area contributed by atoms with Crippen molar-refractivity contribution in [2.45, 2.75) is 26.3 Å². The molecule has 25 heavy (non-hydrogen) atoms. The number of nitrogens with zero attached hydrogens (tertiary/aromatic N) is 3. The van der Waals surface area contributed by atoms with Crippen LogP contribution in [0.15, 0.2) is 47.3 Å². The standard InChI is InChI=1S/C19H17N3O3/c1-12-4-2-3-5-15(12)18-16-10-14(22(24)25)8-9-17(16)21(19(23)20-18)11-13-6-7-13/h2-5,8-10,13H,6-7,11H2,1H3.